The second kappa shape index (κ2) is 9.39. The Labute approximate surface area is 156 Å². The zero-order chi connectivity index (χ0) is 18.2. The molecule has 0 aliphatic heterocycles. The molecule has 134 valence electrons. The third kappa shape index (κ3) is 5.44. The SMILES string of the molecule is CCOc1ccc(NC(=O)COc2c(Cl)cccc2Cl)cc1OCC. The van der Waals surface area contributed by atoms with Crippen molar-refractivity contribution in [3.63, 3.8) is 0 Å². The van der Waals surface area contributed by atoms with Gasteiger partial charge >= 0.3 is 0 Å². The molecule has 1 amide bonds. The van der Waals surface area contributed by atoms with Crippen molar-refractivity contribution in [2.24, 2.45) is 0 Å². The summed E-state index contributed by atoms with van der Waals surface area (Å²) in [5.41, 5.74) is 0.575. The van der Waals surface area contributed by atoms with Gasteiger partial charge in [-0.3, -0.25) is 4.79 Å². The summed E-state index contributed by atoms with van der Waals surface area (Å²) in [6, 6.07) is 10.2. The summed E-state index contributed by atoms with van der Waals surface area (Å²) in [6.45, 7) is 4.56. The van der Waals surface area contributed by atoms with Crippen LogP contribution in [0.2, 0.25) is 10.0 Å². The van der Waals surface area contributed by atoms with Gasteiger partial charge in [0, 0.05) is 11.8 Å². The first-order valence-electron chi connectivity index (χ1n) is 7.81. The topological polar surface area (TPSA) is 56.8 Å². The fourth-order valence-corrected chi connectivity index (χ4v) is 2.59. The number of anilines is 1. The zero-order valence-electron chi connectivity index (χ0n) is 14.0. The lowest BCUT2D eigenvalue weighted by Gasteiger charge is -2.13. The van der Waals surface area contributed by atoms with Gasteiger partial charge in [-0.2, -0.15) is 0 Å². The number of nitrogens with one attached hydrogen (secondary N) is 1. The Kier molecular flexibility index (Phi) is 7.22. The smallest absolute Gasteiger partial charge is 0.262 e. The molecule has 2 aromatic carbocycles. The summed E-state index contributed by atoms with van der Waals surface area (Å²) in [6.07, 6.45) is 0. The van der Waals surface area contributed by atoms with Crippen molar-refractivity contribution in [2.45, 2.75) is 13.8 Å². The normalized spacial score (nSPS) is 10.2. The number of hydrogen-bond donors (Lipinski definition) is 1. The largest absolute Gasteiger partial charge is 0.490 e. The van der Waals surface area contributed by atoms with Crippen LogP contribution in [0.3, 0.4) is 0 Å². The van der Waals surface area contributed by atoms with E-state index in [-0.39, 0.29) is 18.3 Å². The second-order valence-corrected chi connectivity index (χ2v) is 5.73. The summed E-state index contributed by atoms with van der Waals surface area (Å²) < 4.78 is 16.4. The molecule has 0 aliphatic carbocycles. The third-order valence-corrected chi connectivity index (χ3v) is 3.69. The van der Waals surface area contributed by atoms with E-state index in [4.69, 9.17) is 37.4 Å². The molecule has 5 nitrogen and oxygen atoms in total. The van der Waals surface area contributed by atoms with Crippen LogP contribution in [0.1, 0.15) is 13.8 Å². The monoisotopic (exact) mass is 383 g/mol. The third-order valence-electron chi connectivity index (χ3n) is 3.09. The number of halogens is 2. The Morgan fingerprint density at radius 1 is 0.960 bits per heavy atom. The van der Waals surface area contributed by atoms with Gasteiger partial charge in [0.05, 0.1) is 23.3 Å². The zero-order valence-corrected chi connectivity index (χ0v) is 15.5. The van der Waals surface area contributed by atoms with Gasteiger partial charge in [0.1, 0.15) is 0 Å². The molecule has 2 aromatic rings. The van der Waals surface area contributed by atoms with Crippen LogP contribution in [0.15, 0.2) is 36.4 Å². The molecule has 0 aromatic heterocycles. The van der Waals surface area contributed by atoms with Crippen LogP contribution >= 0.6 is 23.2 Å². The van der Waals surface area contributed by atoms with Crippen molar-refractivity contribution in [1.29, 1.82) is 0 Å². The molecule has 0 bridgehead atoms. The average Bonchev–Trinajstić information content (AvgIpc) is 2.57. The first-order chi connectivity index (χ1) is 12.0. The predicted molar refractivity (Wildman–Crippen MR) is 99.4 cm³/mol. The predicted octanol–water partition coefficient (Wildman–Crippen LogP) is 4.81. The highest BCUT2D eigenvalue weighted by atomic mass is 35.5. The number of amides is 1. The van der Waals surface area contributed by atoms with E-state index in [1.165, 1.54) is 0 Å². The van der Waals surface area contributed by atoms with Crippen LogP contribution in [-0.2, 0) is 4.79 Å². The highest BCUT2D eigenvalue weighted by Gasteiger charge is 2.11. The van der Waals surface area contributed by atoms with Gasteiger partial charge in [0.2, 0.25) is 0 Å². The summed E-state index contributed by atoms with van der Waals surface area (Å²) >= 11 is 12.0. The molecule has 0 heterocycles. The van der Waals surface area contributed by atoms with Gasteiger partial charge < -0.3 is 19.5 Å². The number of hydrogen-bond acceptors (Lipinski definition) is 4. The molecular formula is C18H19Cl2NO4. The Morgan fingerprint density at radius 3 is 2.24 bits per heavy atom. The van der Waals surface area contributed by atoms with E-state index in [2.05, 4.69) is 5.32 Å². The highest BCUT2D eigenvalue weighted by Crippen LogP contribution is 2.33. The van der Waals surface area contributed by atoms with E-state index in [0.717, 1.165) is 0 Å². The summed E-state index contributed by atoms with van der Waals surface area (Å²) in [5.74, 6) is 1.13. The first kappa shape index (κ1) is 19.2. The Hall–Kier alpha value is -2.11. The lowest BCUT2D eigenvalue weighted by Crippen LogP contribution is -2.20. The van der Waals surface area contributed by atoms with Crippen molar-refractivity contribution < 1.29 is 19.0 Å². The van der Waals surface area contributed by atoms with Gasteiger partial charge in [0.25, 0.3) is 5.91 Å². The van der Waals surface area contributed by atoms with Gasteiger partial charge in [-0.1, -0.05) is 29.3 Å². The van der Waals surface area contributed by atoms with E-state index >= 15 is 0 Å². The molecule has 0 radical (unpaired) electrons. The van der Waals surface area contributed by atoms with Crippen LogP contribution in [0.4, 0.5) is 5.69 Å². The van der Waals surface area contributed by atoms with Crippen molar-refractivity contribution in [3.8, 4) is 17.2 Å². The number of ether oxygens (including phenoxy) is 3. The molecule has 7 heteroatoms. The number of rotatable bonds is 8. The molecule has 0 unspecified atom stereocenters. The van der Waals surface area contributed by atoms with Crippen molar-refractivity contribution in [2.75, 3.05) is 25.1 Å². The van der Waals surface area contributed by atoms with Gasteiger partial charge in [0.15, 0.2) is 23.9 Å². The Balaban J connectivity index is 2.01. The molecule has 1 N–H and O–H groups in total. The fourth-order valence-electron chi connectivity index (χ4n) is 2.08. The highest BCUT2D eigenvalue weighted by molar-refractivity contribution is 6.37. The summed E-state index contributed by atoms with van der Waals surface area (Å²) in [7, 11) is 0. The van der Waals surface area contributed by atoms with Gasteiger partial charge in [-0.25, -0.2) is 0 Å². The van der Waals surface area contributed by atoms with E-state index in [1.807, 2.05) is 13.8 Å². The second-order valence-electron chi connectivity index (χ2n) is 4.92. The number of carbonyl (C=O) groups excluding carboxylic acids is 1. The molecule has 0 atom stereocenters. The van der Waals surface area contributed by atoms with E-state index in [0.29, 0.717) is 40.4 Å². The molecule has 0 spiro atoms. The van der Waals surface area contributed by atoms with Crippen LogP contribution in [0, 0.1) is 0 Å². The maximum atomic E-state index is 12.1. The van der Waals surface area contributed by atoms with Crippen molar-refractivity contribution in [1.82, 2.24) is 0 Å². The van der Waals surface area contributed by atoms with E-state index < -0.39 is 0 Å². The maximum absolute atomic E-state index is 12.1. The molecule has 0 saturated heterocycles. The van der Waals surface area contributed by atoms with Crippen LogP contribution in [-0.4, -0.2) is 25.7 Å². The molecule has 2 rings (SSSR count). The lowest BCUT2D eigenvalue weighted by molar-refractivity contribution is -0.118. The minimum Gasteiger partial charge on any atom is -0.490 e. The van der Waals surface area contributed by atoms with Gasteiger partial charge in [-0.05, 0) is 38.1 Å². The van der Waals surface area contributed by atoms with E-state index in [9.17, 15) is 4.79 Å². The molecule has 0 saturated carbocycles. The molecule has 25 heavy (non-hydrogen) atoms. The van der Waals surface area contributed by atoms with Gasteiger partial charge in [-0.15, -0.1) is 0 Å². The van der Waals surface area contributed by atoms with Crippen LogP contribution in [0.25, 0.3) is 0 Å². The lowest BCUT2D eigenvalue weighted by atomic mass is 10.2. The first-order valence-corrected chi connectivity index (χ1v) is 8.57. The minimum absolute atomic E-state index is 0.222. The van der Waals surface area contributed by atoms with Crippen molar-refractivity contribution in [3.05, 3.63) is 46.4 Å². The van der Waals surface area contributed by atoms with Crippen LogP contribution < -0.4 is 19.5 Å². The van der Waals surface area contributed by atoms with Crippen molar-refractivity contribution >= 4 is 34.8 Å². The Bertz CT molecular complexity index is 717. The number of benzene rings is 2. The molecular weight excluding hydrogens is 365 g/mol. The Morgan fingerprint density at radius 2 is 1.60 bits per heavy atom. The average molecular weight is 384 g/mol. The summed E-state index contributed by atoms with van der Waals surface area (Å²) in [4.78, 5) is 12.1. The standard InChI is InChI=1S/C18H19Cl2NO4/c1-3-23-15-9-8-12(10-16(15)24-4-2)21-17(22)11-25-18-13(19)6-5-7-14(18)20/h5-10H,3-4,11H2,1-2H3,(H,21,22). The molecule has 0 fully saturated rings. The minimum atomic E-state index is -0.345. The number of para-hydroxylation sites is 1. The summed E-state index contributed by atoms with van der Waals surface area (Å²) in [5, 5.41) is 3.43. The molecule has 0 aliphatic rings. The maximum Gasteiger partial charge on any atom is 0.262 e. The number of carbonyl (C=O) groups is 1. The fraction of sp³-hybridized carbons (Fsp3) is 0.278. The van der Waals surface area contributed by atoms with Crippen LogP contribution in [0.5, 0.6) is 17.2 Å². The van der Waals surface area contributed by atoms with E-state index in [1.54, 1.807) is 36.4 Å². The quantitative estimate of drug-likeness (QED) is 0.710.